The van der Waals surface area contributed by atoms with Gasteiger partial charge in [0.05, 0.1) is 88.1 Å². The molecule has 0 amide bonds. The number of hydrogen-bond acceptors (Lipinski definition) is 10. The van der Waals surface area contributed by atoms with Gasteiger partial charge in [-0.2, -0.15) is 4.57 Å². The number of para-hydroxylation sites is 6. The van der Waals surface area contributed by atoms with Crippen LogP contribution in [0.3, 0.4) is 0 Å². The second-order valence-electron chi connectivity index (χ2n) is 19.7. The topological polar surface area (TPSA) is 124 Å². The van der Waals surface area contributed by atoms with E-state index in [4.69, 9.17) is 42.7 Å². The SMILES string of the molecule is CCc1c(CC)c2c(-c3ccc(OC)cc3)nc3ccccc3n2c1OP(=O)(Oc1c(CC)c(CC)c2c(-c3ccc(OC)cc3)nc3ccccc3n12)Oc1c(CC)c(CC)c2c(-c3ccc(OC)cc3)nc3ccccc3n12. The van der Waals surface area contributed by atoms with Gasteiger partial charge in [0.15, 0.2) is 0 Å². The van der Waals surface area contributed by atoms with Gasteiger partial charge in [-0.15, -0.1) is 0 Å². The second-order valence-corrected chi connectivity index (χ2v) is 21.2. The number of rotatable bonds is 18. The van der Waals surface area contributed by atoms with E-state index in [1.165, 1.54) is 0 Å². The van der Waals surface area contributed by atoms with Gasteiger partial charge in [-0.1, -0.05) is 77.9 Å². The molecule has 0 aliphatic carbocycles. The Morgan fingerprint density at radius 2 is 0.600 bits per heavy atom. The fraction of sp³-hybridized carbons (Fsp3) is 0.227. The third-order valence-corrected chi connectivity index (χ3v) is 16.7. The number of nitrogens with zero attached hydrogens (tertiary/aromatic N) is 6. The first kappa shape index (κ1) is 51.9. The lowest BCUT2D eigenvalue weighted by molar-refractivity contribution is 0.283. The fourth-order valence-corrected chi connectivity index (χ4v) is 13.2. The molecule has 6 aromatic heterocycles. The van der Waals surface area contributed by atoms with Crippen molar-refractivity contribution in [3.63, 3.8) is 0 Å². The summed E-state index contributed by atoms with van der Waals surface area (Å²) in [5, 5.41) is 0. The van der Waals surface area contributed by atoms with Crippen LogP contribution < -0.4 is 27.8 Å². The van der Waals surface area contributed by atoms with E-state index in [1.807, 2.05) is 146 Å². The summed E-state index contributed by atoms with van der Waals surface area (Å²) in [7, 11) is -0.0277. The summed E-state index contributed by atoms with van der Waals surface area (Å²) >= 11 is 0. The lowest BCUT2D eigenvalue weighted by Crippen LogP contribution is -2.13. The molecule has 0 radical (unpaired) electrons. The van der Waals surface area contributed by atoms with Gasteiger partial charge >= 0.3 is 7.82 Å². The highest BCUT2D eigenvalue weighted by Gasteiger charge is 2.42. The first-order chi connectivity index (χ1) is 39.1. The molecule has 80 heavy (non-hydrogen) atoms. The van der Waals surface area contributed by atoms with Crippen molar-refractivity contribution in [3.8, 4) is 68.7 Å². The van der Waals surface area contributed by atoms with Crippen LogP contribution in [0.4, 0.5) is 0 Å². The first-order valence-electron chi connectivity index (χ1n) is 27.6. The molecule has 12 rings (SSSR count). The Morgan fingerprint density at radius 3 is 0.838 bits per heavy atom. The molecule has 0 fully saturated rings. The zero-order valence-corrected chi connectivity index (χ0v) is 47.5. The van der Waals surface area contributed by atoms with Crippen molar-refractivity contribution >= 4 is 57.5 Å². The molecule has 0 spiro atoms. The maximum Gasteiger partial charge on any atom is 0.650 e. The summed E-state index contributed by atoms with van der Waals surface area (Å²) in [5.41, 5.74) is 17.5. The molecule has 6 aromatic carbocycles. The highest BCUT2D eigenvalue weighted by molar-refractivity contribution is 7.49. The van der Waals surface area contributed by atoms with Gasteiger partial charge in [0, 0.05) is 33.4 Å². The fourth-order valence-electron chi connectivity index (χ4n) is 11.9. The number of phosphoric acid groups is 1. The molecule has 6 heterocycles. The summed E-state index contributed by atoms with van der Waals surface area (Å²) < 4.78 is 63.1. The molecule has 0 unspecified atom stereocenters. The Balaban J connectivity index is 1.19. The van der Waals surface area contributed by atoms with Crippen molar-refractivity contribution in [3.05, 3.63) is 179 Å². The highest BCUT2D eigenvalue weighted by atomic mass is 31.2. The molecule has 0 bridgehead atoms. The van der Waals surface area contributed by atoms with Crippen LogP contribution in [0.15, 0.2) is 146 Å². The molecule has 13 nitrogen and oxygen atoms in total. The minimum Gasteiger partial charge on any atom is -0.497 e. The van der Waals surface area contributed by atoms with Crippen LogP contribution in [-0.4, -0.2) is 49.5 Å². The average molecular weight is 1080 g/mol. The number of hydrogen-bond donors (Lipinski definition) is 0. The smallest absolute Gasteiger partial charge is 0.497 e. The largest absolute Gasteiger partial charge is 0.650 e. The van der Waals surface area contributed by atoms with Gasteiger partial charge in [0.25, 0.3) is 0 Å². The Labute approximate surface area is 464 Å². The first-order valence-corrected chi connectivity index (χ1v) is 29.1. The van der Waals surface area contributed by atoms with Gasteiger partial charge in [-0.25, -0.2) is 15.0 Å². The molecule has 0 aliphatic rings. The highest BCUT2D eigenvalue weighted by Crippen LogP contribution is 2.56. The summed E-state index contributed by atoms with van der Waals surface area (Å²) in [5.74, 6) is 3.23. The van der Waals surface area contributed by atoms with Crippen LogP contribution in [0.2, 0.25) is 0 Å². The van der Waals surface area contributed by atoms with E-state index >= 15 is 4.57 Å². The third-order valence-electron chi connectivity index (χ3n) is 15.5. The predicted molar refractivity (Wildman–Crippen MR) is 320 cm³/mol. The van der Waals surface area contributed by atoms with E-state index in [0.717, 1.165) is 134 Å². The number of fused-ring (bicyclic) bond motifs is 9. The number of aromatic nitrogens is 6. The molecule has 0 N–H and O–H groups in total. The molecule has 404 valence electrons. The Bertz CT molecular complexity index is 3950. The van der Waals surface area contributed by atoms with E-state index < -0.39 is 7.82 Å². The van der Waals surface area contributed by atoms with Crippen molar-refractivity contribution in [2.24, 2.45) is 0 Å². The van der Waals surface area contributed by atoms with E-state index in [2.05, 4.69) is 54.7 Å². The van der Waals surface area contributed by atoms with Crippen molar-refractivity contribution in [1.29, 1.82) is 0 Å². The van der Waals surface area contributed by atoms with Crippen LogP contribution in [0.25, 0.3) is 83.4 Å². The average Bonchev–Trinajstić information content (AvgIpc) is 4.20. The van der Waals surface area contributed by atoms with Crippen LogP contribution in [0, 0.1) is 0 Å². The number of benzene rings is 6. The molecule has 12 aromatic rings. The van der Waals surface area contributed by atoms with Gasteiger partial charge < -0.3 is 27.8 Å². The normalized spacial score (nSPS) is 11.9. The minimum atomic E-state index is -5.01. The Kier molecular flexibility index (Phi) is 13.7. The van der Waals surface area contributed by atoms with Crippen LogP contribution in [-0.2, 0) is 43.1 Å². The third kappa shape index (κ3) is 8.45. The van der Waals surface area contributed by atoms with Crippen molar-refractivity contribution in [2.75, 3.05) is 21.3 Å². The number of ether oxygens (including phenoxy) is 3. The second kappa shape index (κ2) is 21.1. The summed E-state index contributed by atoms with van der Waals surface area (Å²) in [6, 6.07) is 47.8. The van der Waals surface area contributed by atoms with E-state index in [1.54, 1.807) is 21.3 Å². The molecule has 0 saturated carbocycles. The zero-order chi connectivity index (χ0) is 55.4. The van der Waals surface area contributed by atoms with Gasteiger partial charge in [-0.05, 0) is 164 Å². The van der Waals surface area contributed by atoms with Crippen molar-refractivity contribution < 1.29 is 32.3 Å². The Hall–Kier alpha value is -8.80. The van der Waals surface area contributed by atoms with Crippen LogP contribution >= 0.6 is 7.82 Å². The van der Waals surface area contributed by atoms with Gasteiger partial charge in [0.1, 0.15) is 17.2 Å². The standard InChI is InChI=1S/C66H63N6O7P/c1-10-46-49(13-4)64(70-55-25-19-16-22-52(55)67-58(61(46)70)40-28-34-43(74-7)35-29-40)77-80(73,78-65-50(14-5)47(11-2)62-59(41-30-36-44(75-8)37-31-41)68-53-23-17-20-26-56(53)71(62)65)79-66-51(15-6)48(12-3)63-60(42-32-38-45(76-9)39-33-42)69-54-24-18-21-27-57(54)72(63)66/h16-39H,10-15H2,1-9H3. The molecule has 0 saturated heterocycles. The number of aryl methyl sites for hydroxylation is 3. The molecule has 14 heteroatoms. The van der Waals surface area contributed by atoms with Gasteiger partial charge in [0.2, 0.25) is 17.6 Å². The quantitative estimate of drug-likeness (QED) is 0.0767. The lowest BCUT2D eigenvalue weighted by Gasteiger charge is -2.22. The minimum absolute atomic E-state index is 0.344. The van der Waals surface area contributed by atoms with E-state index in [9.17, 15) is 0 Å². The number of methoxy groups -OCH3 is 3. The monoisotopic (exact) mass is 1080 g/mol. The predicted octanol–water partition coefficient (Wildman–Crippen LogP) is 16.1. The van der Waals surface area contributed by atoms with Crippen LogP contribution in [0.1, 0.15) is 74.9 Å². The van der Waals surface area contributed by atoms with Gasteiger partial charge in [-0.3, -0.25) is 13.2 Å². The maximum atomic E-state index is 17.6. The lowest BCUT2D eigenvalue weighted by atomic mass is 10.0. The van der Waals surface area contributed by atoms with Crippen molar-refractivity contribution in [1.82, 2.24) is 28.2 Å². The Morgan fingerprint density at radius 1 is 0.350 bits per heavy atom. The summed E-state index contributed by atoms with van der Waals surface area (Å²) in [6.45, 7) is 12.7. The number of phosphoric ester groups is 1. The molecule has 0 atom stereocenters. The van der Waals surface area contributed by atoms with Crippen LogP contribution in [0.5, 0.6) is 34.9 Å². The molecular formula is C66H63N6O7P. The van der Waals surface area contributed by atoms with Crippen molar-refractivity contribution in [2.45, 2.75) is 80.1 Å². The maximum absolute atomic E-state index is 17.6. The summed E-state index contributed by atoms with van der Waals surface area (Å²) in [6.07, 6.45) is 3.46. The van der Waals surface area contributed by atoms with E-state index in [-0.39, 0.29) is 0 Å². The zero-order valence-electron chi connectivity index (χ0n) is 46.6. The molecule has 0 aliphatic heterocycles. The molecular weight excluding hydrogens is 1020 g/mol. The summed E-state index contributed by atoms with van der Waals surface area (Å²) in [4.78, 5) is 16.1. The van der Waals surface area contributed by atoms with E-state index in [0.29, 0.717) is 56.2 Å².